The van der Waals surface area contributed by atoms with Gasteiger partial charge in [-0.15, -0.1) is 0 Å². The van der Waals surface area contributed by atoms with Gasteiger partial charge >= 0.3 is 0 Å². The van der Waals surface area contributed by atoms with Crippen LogP contribution in [0.25, 0.3) is 0 Å². The molecule has 2 rings (SSSR count). The summed E-state index contributed by atoms with van der Waals surface area (Å²) in [5.41, 5.74) is 1.21. The zero-order valence-corrected chi connectivity index (χ0v) is 13.6. The third kappa shape index (κ3) is 4.82. The lowest BCUT2D eigenvalue weighted by Gasteiger charge is -2.34. The van der Waals surface area contributed by atoms with Crippen molar-refractivity contribution < 1.29 is 14.6 Å². The van der Waals surface area contributed by atoms with Gasteiger partial charge in [-0.3, -0.25) is 4.79 Å². The zero-order valence-electron chi connectivity index (χ0n) is 13.6. The van der Waals surface area contributed by atoms with Gasteiger partial charge in [0.15, 0.2) is 0 Å². The number of aliphatic hydroxyl groups is 1. The van der Waals surface area contributed by atoms with Crippen LogP contribution in [-0.2, 0) is 16.0 Å². The van der Waals surface area contributed by atoms with Gasteiger partial charge < -0.3 is 14.7 Å². The molecule has 1 saturated heterocycles. The minimum absolute atomic E-state index is 0.00879. The molecule has 1 aromatic rings. The first-order valence-corrected chi connectivity index (χ1v) is 8.19. The van der Waals surface area contributed by atoms with E-state index >= 15 is 0 Å². The predicted octanol–water partition coefficient (Wildman–Crippen LogP) is 2.25. The van der Waals surface area contributed by atoms with E-state index in [4.69, 9.17) is 4.74 Å². The number of amides is 1. The smallest absolute Gasteiger partial charge is 0.225 e. The van der Waals surface area contributed by atoms with E-state index in [1.54, 1.807) is 0 Å². The van der Waals surface area contributed by atoms with Crippen molar-refractivity contribution in [2.75, 3.05) is 19.7 Å². The Balaban J connectivity index is 1.95. The number of aliphatic hydroxyl groups excluding tert-OH is 1. The molecule has 0 aliphatic carbocycles. The van der Waals surface area contributed by atoms with E-state index in [-0.39, 0.29) is 30.6 Å². The summed E-state index contributed by atoms with van der Waals surface area (Å²) in [4.78, 5) is 14.6. The highest BCUT2D eigenvalue weighted by Crippen LogP contribution is 2.26. The molecule has 1 aromatic carbocycles. The molecule has 1 heterocycles. The van der Waals surface area contributed by atoms with Crippen molar-refractivity contribution in [1.82, 2.24) is 4.90 Å². The van der Waals surface area contributed by atoms with Gasteiger partial charge in [-0.05, 0) is 38.7 Å². The second kappa shape index (κ2) is 8.30. The molecule has 0 radical (unpaired) electrons. The Morgan fingerprint density at radius 3 is 2.41 bits per heavy atom. The molecule has 2 atom stereocenters. The van der Waals surface area contributed by atoms with E-state index < -0.39 is 0 Å². The number of ether oxygens (including phenoxy) is 1. The lowest BCUT2D eigenvalue weighted by molar-refractivity contribution is -0.144. The molecule has 22 heavy (non-hydrogen) atoms. The number of benzene rings is 1. The third-order valence-electron chi connectivity index (χ3n) is 4.24. The molecule has 1 aliphatic heterocycles. The molecule has 1 aliphatic rings. The molecule has 0 bridgehead atoms. The summed E-state index contributed by atoms with van der Waals surface area (Å²) in [6.45, 7) is 5.12. The number of hydrogen-bond acceptors (Lipinski definition) is 3. The Labute approximate surface area is 133 Å². The van der Waals surface area contributed by atoms with Crippen molar-refractivity contribution >= 4 is 5.91 Å². The van der Waals surface area contributed by atoms with Crippen LogP contribution < -0.4 is 0 Å². The van der Waals surface area contributed by atoms with Crippen LogP contribution in [-0.4, -0.2) is 47.8 Å². The van der Waals surface area contributed by atoms with Crippen molar-refractivity contribution in [3.05, 3.63) is 35.9 Å². The predicted molar refractivity (Wildman–Crippen MR) is 86.5 cm³/mol. The minimum atomic E-state index is 0.00879. The van der Waals surface area contributed by atoms with Gasteiger partial charge in [0.1, 0.15) is 0 Å². The van der Waals surface area contributed by atoms with Gasteiger partial charge in [0.05, 0.1) is 18.8 Å². The Hall–Kier alpha value is -1.39. The SMILES string of the molecule is CC1CC(C(=O)N(CCO)CCc2ccccc2)CC(C)O1. The molecule has 1 amide bonds. The quantitative estimate of drug-likeness (QED) is 0.877. The normalized spacial score (nSPS) is 25.0. The van der Waals surface area contributed by atoms with Gasteiger partial charge in [-0.2, -0.15) is 0 Å². The highest BCUT2D eigenvalue weighted by Gasteiger charge is 2.32. The Morgan fingerprint density at radius 2 is 1.82 bits per heavy atom. The lowest BCUT2D eigenvalue weighted by Crippen LogP contribution is -2.43. The van der Waals surface area contributed by atoms with Crippen LogP contribution in [0.4, 0.5) is 0 Å². The second-order valence-electron chi connectivity index (χ2n) is 6.21. The van der Waals surface area contributed by atoms with Crippen molar-refractivity contribution in [2.45, 2.75) is 45.3 Å². The molecule has 4 heteroatoms. The highest BCUT2D eigenvalue weighted by atomic mass is 16.5. The summed E-state index contributed by atoms with van der Waals surface area (Å²) in [7, 11) is 0. The molecule has 1 fully saturated rings. The Kier molecular flexibility index (Phi) is 6.40. The fraction of sp³-hybridized carbons (Fsp3) is 0.611. The van der Waals surface area contributed by atoms with E-state index in [0.29, 0.717) is 13.1 Å². The molecule has 122 valence electrons. The van der Waals surface area contributed by atoms with Crippen molar-refractivity contribution in [1.29, 1.82) is 0 Å². The second-order valence-corrected chi connectivity index (χ2v) is 6.21. The third-order valence-corrected chi connectivity index (χ3v) is 4.24. The average molecular weight is 305 g/mol. The molecule has 0 saturated carbocycles. The first kappa shape index (κ1) is 17.0. The van der Waals surface area contributed by atoms with Crippen LogP contribution in [0.15, 0.2) is 30.3 Å². The molecule has 0 spiro atoms. The number of hydrogen-bond donors (Lipinski definition) is 1. The molecular weight excluding hydrogens is 278 g/mol. The molecule has 2 unspecified atom stereocenters. The largest absolute Gasteiger partial charge is 0.395 e. The average Bonchev–Trinajstić information content (AvgIpc) is 2.51. The summed E-state index contributed by atoms with van der Waals surface area (Å²) >= 11 is 0. The van der Waals surface area contributed by atoms with E-state index in [2.05, 4.69) is 12.1 Å². The van der Waals surface area contributed by atoms with Gasteiger partial charge in [0, 0.05) is 19.0 Å². The van der Waals surface area contributed by atoms with Crippen LogP contribution in [0.5, 0.6) is 0 Å². The summed E-state index contributed by atoms with van der Waals surface area (Å²) in [6.07, 6.45) is 2.62. The fourth-order valence-corrected chi connectivity index (χ4v) is 3.23. The first-order valence-electron chi connectivity index (χ1n) is 8.19. The standard InChI is InChI=1S/C18H27NO3/c1-14-12-17(13-15(2)22-14)18(21)19(10-11-20)9-8-16-6-4-3-5-7-16/h3-7,14-15,17,20H,8-13H2,1-2H3. The number of rotatable bonds is 6. The first-order chi connectivity index (χ1) is 10.6. The van der Waals surface area contributed by atoms with Gasteiger partial charge in [-0.25, -0.2) is 0 Å². The van der Waals surface area contributed by atoms with E-state index in [1.807, 2.05) is 36.9 Å². The molecule has 4 nitrogen and oxygen atoms in total. The number of carbonyl (C=O) groups is 1. The summed E-state index contributed by atoms with van der Waals surface area (Å²) in [5.74, 6) is 0.174. The highest BCUT2D eigenvalue weighted by molar-refractivity contribution is 5.79. The monoisotopic (exact) mass is 305 g/mol. The topological polar surface area (TPSA) is 49.8 Å². The van der Waals surface area contributed by atoms with Crippen molar-refractivity contribution in [2.24, 2.45) is 5.92 Å². The van der Waals surface area contributed by atoms with E-state index in [0.717, 1.165) is 19.3 Å². The van der Waals surface area contributed by atoms with Gasteiger partial charge in [0.25, 0.3) is 0 Å². The van der Waals surface area contributed by atoms with E-state index in [1.165, 1.54) is 5.56 Å². The lowest BCUT2D eigenvalue weighted by atomic mass is 9.91. The fourth-order valence-electron chi connectivity index (χ4n) is 3.23. The Bertz CT molecular complexity index is 453. The van der Waals surface area contributed by atoms with Crippen LogP contribution in [0.2, 0.25) is 0 Å². The van der Waals surface area contributed by atoms with Gasteiger partial charge in [-0.1, -0.05) is 30.3 Å². The summed E-state index contributed by atoms with van der Waals surface area (Å²) < 4.78 is 5.72. The Morgan fingerprint density at radius 1 is 1.18 bits per heavy atom. The maximum Gasteiger partial charge on any atom is 0.225 e. The minimum Gasteiger partial charge on any atom is -0.395 e. The van der Waals surface area contributed by atoms with Crippen molar-refractivity contribution in [3.63, 3.8) is 0 Å². The maximum atomic E-state index is 12.8. The molecule has 1 N–H and O–H groups in total. The van der Waals surface area contributed by atoms with Crippen LogP contribution in [0, 0.1) is 5.92 Å². The maximum absolute atomic E-state index is 12.8. The van der Waals surface area contributed by atoms with E-state index in [9.17, 15) is 9.90 Å². The number of carbonyl (C=O) groups excluding carboxylic acids is 1. The summed E-state index contributed by atoms with van der Waals surface area (Å²) in [5, 5.41) is 9.27. The molecular formula is C18H27NO3. The zero-order chi connectivity index (χ0) is 15.9. The summed E-state index contributed by atoms with van der Waals surface area (Å²) in [6, 6.07) is 10.1. The number of nitrogens with zero attached hydrogens (tertiary/aromatic N) is 1. The van der Waals surface area contributed by atoms with Gasteiger partial charge in [0.2, 0.25) is 5.91 Å². The van der Waals surface area contributed by atoms with Crippen LogP contribution >= 0.6 is 0 Å². The van der Waals surface area contributed by atoms with Crippen LogP contribution in [0.3, 0.4) is 0 Å². The van der Waals surface area contributed by atoms with Crippen molar-refractivity contribution in [3.8, 4) is 0 Å². The molecule has 0 aromatic heterocycles. The van der Waals surface area contributed by atoms with Crippen LogP contribution in [0.1, 0.15) is 32.3 Å².